The van der Waals surface area contributed by atoms with Crippen LogP contribution in [0.25, 0.3) is 10.9 Å². The molecule has 106 valence electrons. The summed E-state index contributed by atoms with van der Waals surface area (Å²) in [6.45, 7) is 1.81. The molecular formula is C17H14ClNO2. The first-order valence-corrected chi connectivity index (χ1v) is 6.98. The van der Waals surface area contributed by atoms with Crippen molar-refractivity contribution >= 4 is 22.5 Å². The lowest BCUT2D eigenvalue weighted by Crippen LogP contribution is -1.94. The number of nitrogens with zero attached hydrogens (tertiary/aromatic N) is 1. The first kappa shape index (κ1) is 13.9. The molecule has 0 bridgehead atoms. The Balaban J connectivity index is 2.08. The van der Waals surface area contributed by atoms with Crippen molar-refractivity contribution in [2.75, 3.05) is 0 Å². The summed E-state index contributed by atoms with van der Waals surface area (Å²) in [5.74, 6) is 1.24. The average Bonchev–Trinajstić information content (AvgIpc) is 2.49. The number of hydrogen-bond acceptors (Lipinski definition) is 3. The smallest absolute Gasteiger partial charge is 0.153 e. The maximum atomic E-state index is 9.42. The highest BCUT2D eigenvalue weighted by Gasteiger charge is 2.09. The Kier molecular flexibility index (Phi) is 3.78. The van der Waals surface area contributed by atoms with Gasteiger partial charge in [-0.25, -0.2) is 4.98 Å². The van der Waals surface area contributed by atoms with Gasteiger partial charge in [-0.3, -0.25) is 0 Å². The van der Waals surface area contributed by atoms with Crippen LogP contribution in [0.5, 0.6) is 11.5 Å². The molecule has 0 aliphatic heterocycles. The standard InChI is InChI=1S/C17H14ClNO2/c1-11-5-6-12-3-2-4-16(17(12)19-11)21-15-8-7-14(18)9-13(15)10-20/h2-9,20H,10H2,1H3. The number of aliphatic hydroxyl groups is 1. The normalized spacial score (nSPS) is 10.8. The van der Waals surface area contributed by atoms with Crippen LogP contribution in [0.3, 0.4) is 0 Å². The van der Waals surface area contributed by atoms with Gasteiger partial charge < -0.3 is 9.84 Å². The lowest BCUT2D eigenvalue weighted by Gasteiger charge is -2.12. The second kappa shape index (κ2) is 5.72. The highest BCUT2D eigenvalue weighted by Crippen LogP contribution is 2.32. The van der Waals surface area contributed by atoms with E-state index in [9.17, 15) is 5.11 Å². The largest absolute Gasteiger partial charge is 0.455 e. The van der Waals surface area contributed by atoms with Crippen molar-refractivity contribution in [3.63, 3.8) is 0 Å². The van der Waals surface area contributed by atoms with Crippen LogP contribution in [0.1, 0.15) is 11.3 Å². The van der Waals surface area contributed by atoms with Crippen LogP contribution in [0.4, 0.5) is 0 Å². The topological polar surface area (TPSA) is 42.4 Å². The number of pyridine rings is 1. The number of aromatic nitrogens is 1. The van der Waals surface area contributed by atoms with E-state index in [-0.39, 0.29) is 6.61 Å². The number of para-hydroxylation sites is 1. The van der Waals surface area contributed by atoms with Crippen molar-refractivity contribution in [3.05, 3.63) is 64.8 Å². The quantitative estimate of drug-likeness (QED) is 0.775. The van der Waals surface area contributed by atoms with Crippen LogP contribution in [0, 0.1) is 6.92 Å². The van der Waals surface area contributed by atoms with Gasteiger partial charge in [0.2, 0.25) is 0 Å². The van der Waals surface area contributed by atoms with Gasteiger partial charge in [0.1, 0.15) is 11.3 Å². The number of aliphatic hydroxyl groups excluding tert-OH is 1. The van der Waals surface area contributed by atoms with E-state index >= 15 is 0 Å². The Bertz CT molecular complexity index is 802. The van der Waals surface area contributed by atoms with Crippen molar-refractivity contribution in [1.82, 2.24) is 4.98 Å². The molecule has 2 aromatic carbocycles. The fourth-order valence-electron chi connectivity index (χ4n) is 2.19. The van der Waals surface area contributed by atoms with Crippen molar-refractivity contribution in [2.45, 2.75) is 13.5 Å². The van der Waals surface area contributed by atoms with E-state index in [0.717, 1.165) is 16.6 Å². The van der Waals surface area contributed by atoms with E-state index in [0.29, 0.717) is 22.1 Å². The Labute approximate surface area is 127 Å². The lowest BCUT2D eigenvalue weighted by molar-refractivity contribution is 0.276. The molecule has 0 atom stereocenters. The van der Waals surface area contributed by atoms with Crippen molar-refractivity contribution in [3.8, 4) is 11.5 Å². The zero-order valence-corrected chi connectivity index (χ0v) is 12.3. The van der Waals surface area contributed by atoms with Gasteiger partial charge in [-0.05, 0) is 37.3 Å². The number of rotatable bonds is 3. The van der Waals surface area contributed by atoms with Crippen LogP contribution in [0.15, 0.2) is 48.5 Å². The maximum Gasteiger partial charge on any atom is 0.153 e. The van der Waals surface area contributed by atoms with Gasteiger partial charge >= 0.3 is 0 Å². The molecule has 0 aliphatic carbocycles. The zero-order valence-electron chi connectivity index (χ0n) is 11.5. The number of ether oxygens (including phenoxy) is 1. The fraction of sp³-hybridized carbons (Fsp3) is 0.118. The van der Waals surface area contributed by atoms with Crippen LogP contribution in [-0.2, 0) is 6.61 Å². The third kappa shape index (κ3) is 2.84. The van der Waals surface area contributed by atoms with Crippen LogP contribution >= 0.6 is 11.6 Å². The number of benzene rings is 2. The van der Waals surface area contributed by atoms with Gasteiger partial charge in [-0.1, -0.05) is 29.8 Å². The molecule has 0 radical (unpaired) electrons. The van der Waals surface area contributed by atoms with Gasteiger partial charge in [-0.2, -0.15) is 0 Å². The summed E-state index contributed by atoms with van der Waals surface area (Å²) in [6, 6.07) is 14.9. The Hall–Kier alpha value is -2.10. The summed E-state index contributed by atoms with van der Waals surface area (Å²) in [4.78, 5) is 4.53. The van der Waals surface area contributed by atoms with E-state index in [1.165, 1.54) is 0 Å². The summed E-state index contributed by atoms with van der Waals surface area (Å²) in [5, 5.41) is 11.0. The molecule has 0 saturated heterocycles. The summed E-state index contributed by atoms with van der Waals surface area (Å²) < 4.78 is 5.94. The summed E-state index contributed by atoms with van der Waals surface area (Å²) in [7, 11) is 0. The number of halogens is 1. The van der Waals surface area contributed by atoms with Gasteiger partial charge in [0, 0.05) is 21.7 Å². The van der Waals surface area contributed by atoms with E-state index in [4.69, 9.17) is 16.3 Å². The predicted octanol–water partition coefficient (Wildman–Crippen LogP) is 4.48. The van der Waals surface area contributed by atoms with Crippen LogP contribution < -0.4 is 4.74 Å². The van der Waals surface area contributed by atoms with E-state index in [1.54, 1.807) is 18.2 Å². The molecule has 4 heteroatoms. The van der Waals surface area contributed by atoms with Crippen molar-refractivity contribution in [1.29, 1.82) is 0 Å². The molecule has 21 heavy (non-hydrogen) atoms. The fourth-order valence-corrected chi connectivity index (χ4v) is 2.38. The second-order valence-electron chi connectivity index (χ2n) is 4.79. The minimum atomic E-state index is -0.132. The molecule has 0 saturated carbocycles. The Morgan fingerprint density at radius 3 is 2.76 bits per heavy atom. The molecule has 0 fully saturated rings. The van der Waals surface area contributed by atoms with E-state index in [2.05, 4.69) is 4.98 Å². The summed E-state index contributed by atoms with van der Waals surface area (Å²) in [6.07, 6.45) is 0. The number of aryl methyl sites for hydroxylation is 1. The van der Waals surface area contributed by atoms with E-state index in [1.807, 2.05) is 37.3 Å². The third-order valence-corrected chi connectivity index (χ3v) is 3.47. The number of hydrogen-bond donors (Lipinski definition) is 1. The lowest BCUT2D eigenvalue weighted by atomic mass is 10.2. The molecule has 1 heterocycles. The predicted molar refractivity (Wildman–Crippen MR) is 83.9 cm³/mol. The van der Waals surface area contributed by atoms with Gasteiger partial charge in [0.15, 0.2) is 5.75 Å². The SMILES string of the molecule is Cc1ccc2cccc(Oc3ccc(Cl)cc3CO)c2n1. The summed E-state index contributed by atoms with van der Waals surface area (Å²) >= 11 is 5.94. The first-order chi connectivity index (χ1) is 10.2. The molecule has 0 unspecified atom stereocenters. The molecule has 0 aliphatic rings. The molecule has 1 N–H and O–H groups in total. The molecule has 3 rings (SSSR count). The van der Waals surface area contributed by atoms with E-state index < -0.39 is 0 Å². The number of fused-ring (bicyclic) bond motifs is 1. The molecule has 1 aromatic heterocycles. The monoisotopic (exact) mass is 299 g/mol. The van der Waals surface area contributed by atoms with Gasteiger partial charge in [-0.15, -0.1) is 0 Å². The highest BCUT2D eigenvalue weighted by molar-refractivity contribution is 6.30. The van der Waals surface area contributed by atoms with Crippen molar-refractivity contribution in [2.24, 2.45) is 0 Å². The van der Waals surface area contributed by atoms with Crippen LogP contribution in [-0.4, -0.2) is 10.1 Å². The molecule has 0 spiro atoms. The Morgan fingerprint density at radius 1 is 1.10 bits per heavy atom. The van der Waals surface area contributed by atoms with Gasteiger partial charge in [0.25, 0.3) is 0 Å². The molecule has 0 amide bonds. The maximum absolute atomic E-state index is 9.42. The minimum absolute atomic E-state index is 0.132. The first-order valence-electron chi connectivity index (χ1n) is 6.61. The third-order valence-electron chi connectivity index (χ3n) is 3.24. The Morgan fingerprint density at radius 2 is 1.95 bits per heavy atom. The average molecular weight is 300 g/mol. The summed E-state index contributed by atoms with van der Waals surface area (Å²) in [5.41, 5.74) is 2.38. The van der Waals surface area contributed by atoms with Crippen LogP contribution in [0.2, 0.25) is 5.02 Å². The minimum Gasteiger partial charge on any atom is -0.455 e. The second-order valence-corrected chi connectivity index (χ2v) is 5.23. The molecular weight excluding hydrogens is 286 g/mol. The van der Waals surface area contributed by atoms with Crippen molar-refractivity contribution < 1.29 is 9.84 Å². The molecule has 3 nitrogen and oxygen atoms in total. The molecule has 3 aromatic rings. The highest BCUT2D eigenvalue weighted by atomic mass is 35.5. The van der Waals surface area contributed by atoms with Gasteiger partial charge in [0.05, 0.1) is 6.61 Å². The zero-order chi connectivity index (χ0) is 14.8.